The monoisotopic (exact) mass is 293 g/mol. The molecule has 7 heteroatoms. The van der Waals surface area contributed by atoms with Crippen LogP contribution in [0.2, 0.25) is 0 Å². The van der Waals surface area contributed by atoms with E-state index < -0.39 is 10.0 Å². The third-order valence-corrected chi connectivity index (χ3v) is 4.07. The largest absolute Gasteiger partial charge is 0.496 e. The summed E-state index contributed by atoms with van der Waals surface area (Å²) in [5, 5.41) is -0.171. The lowest BCUT2D eigenvalue weighted by Crippen LogP contribution is -2.25. The summed E-state index contributed by atoms with van der Waals surface area (Å²) < 4.78 is 31.9. The van der Waals surface area contributed by atoms with Gasteiger partial charge in [-0.05, 0) is 18.2 Å². The molecule has 0 unspecified atom stereocenters. The molecule has 2 aromatic rings. The normalized spacial score (nSPS) is 11.2. The SMILES string of the molecule is COc1ccccc1CNS(=O)(=O)c1ncccc1N. The van der Waals surface area contributed by atoms with E-state index >= 15 is 0 Å². The predicted octanol–water partition coefficient (Wildman–Crippen LogP) is 1.15. The summed E-state index contributed by atoms with van der Waals surface area (Å²) in [6.45, 7) is 0.0996. The molecule has 0 saturated carbocycles. The minimum Gasteiger partial charge on any atom is -0.496 e. The summed E-state index contributed by atoms with van der Waals surface area (Å²) in [6, 6.07) is 10.2. The second-order valence-corrected chi connectivity index (χ2v) is 5.72. The van der Waals surface area contributed by atoms with Gasteiger partial charge in [0.15, 0.2) is 5.03 Å². The maximum absolute atomic E-state index is 12.1. The van der Waals surface area contributed by atoms with Crippen LogP contribution >= 0.6 is 0 Å². The van der Waals surface area contributed by atoms with Gasteiger partial charge in [-0.15, -0.1) is 0 Å². The summed E-state index contributed by atoms with van der Waals surface area (Å²) >= 11 is 0. The van der Waals surface area contributed by atoms with Crippen molar-refractivity contribution in [3.63, 3.8) is 0 Å². The van der Waals surface area contributed by atoms with E-state index in [-0.39, 0.29) is 17.3 Å². The number of nitrogens with zero attached hydrogens (tertiary/aromatic N) is 1. The number of nitrogens with two attached hydrogens (primary N) is 1. The van der Waals surface area contributed by atoms with Crippen LogP contribution in [0.15, 0.2) is 47.6 Å². The average molecular weight is 293 g/mol. The van der Waals surface area contributed by atoms with Crippen molar-refractivity contribution in [2.45, 2.75) is 11.6 Å². The highest BCUT2D eigenvalue weighted by atomic mass is 32.2. The molecule has 1 aromatic heterocycles. The first-order valence-electron chi connectivity index (χ1n) is 5.86. The summed E-state index contributed by atoms with van der Waals surface area (Å²) in [5.74, 6) is 0.615. The second kappa shape index (κ2) is 5.89. The number of nitrogen functional groups attached to an aromatic ring is 1. The van der Waals surface area contributed by atoms with Gasteiger partial charge < -0.3 is 10.5 Å². The van der Waals surface area contributed by atoms with Gasteiger partial charge in [0, 0.05) is 18.3 Å². The first-order chi connectivity index (χ1) is 9.54. The number of ether oxygens (including phenoxy) is 1. The summed E-state index contributed by atoms with van der Waals surface area (Å²) in [6.07, 6.45) is 1.38. The quantitative estimate of drug-likeness (QED) is 0.862. The van der Waals surface area contributed by atoms with Gasteiger partial charge in [-0.2, -0.15) is 0 Å². The molecule has 0 aliphatic heterocycles. The van der Waals surface area contributed by atoms with Gasteiger partial charge in [-0.1, -0.05) is 18.2 Å². The molecule has 0 saturated heterocycles. The Labute approximate surface area is 117 Å². The smallest absolute Gasteiger partial charge is 0.260 e. The van der Waals surface area contributed by atoms with Crippen LogP contribution in [0.25, 0.3) is 0 Å². The maximum Gasteiger partial charge on any atom is 0.260 e. The number of anilines is 1. The zero-order chi connectivity index (χ0) is 14.6. The van der Waals surface area contributed by atoms with Crippen molar-refractivity contribution >= 4 is 15.7 Å². The van der Waals surface area contributed by atoms with Crippen molar-refractivity contribution in [1.82, 2.24) is 9.71 Å². The number of sulfonamides is 1. The topological polar surface area (TPSA) is 94.3 Å². The van der Waals surface area contributed by atoms with E-state index in [4.69, 9.17) is 10.5 Å². The number of nitrogens with one attached hydrogen (secondary N) is 1. The first kappa shape index (κ1) is 14.3. The minimum atomic E-state index is -3.76. The molecule has 106 valence electrons. The molecule has 0 aliphatic rings. The highest BCUT2D eigenvalue weighted by Crippen LogP contribution is 2.19. The van der Waals surface area contributed by atoms with Crippen molar-refractivity contribution in [3.8, 4) is 5.75 Å². The molecule has 1 aromatic carbocycles. The Balaban J connectivity index is 2.20. The van der Waals surface area contributed by atoms with Crippen LogP contribution < -0.4 is 15.2 Å². The Morgan fingerprint density at radius 3 is 2.70 bits per heavy atom. The Hall–Kier alpha value is -2.12. The molecule has 1 heterocycles. The molecule has 2 rings (SSSR count). The maximum atomic E-state index is 12.1. The molecular weight excluding hydrogens is 278 g/mol. The lowest BCUT2D eigenvalue weighted by molar-refractivity contribution is 0.409. The minimum absolute atomic E-state index is 0.0996. The molecule has 0 atom stereocenters. The lowest BCUT2D eigenvalue weighted by Gasteiger charge is -2.10. The molecule has 20 heavy (non-hydrogen) atoms. The number of pyridine rings is 1. The number of methoxy groups -OCH3 is 1. The fourth-order valence-corrected chi connectivity index (χ4v) is 2.78. The zero-order valence-electron chi connectivity index (χ0n) is 10.9. The summed E-state index contributed by atoms with van der Waals surface area (Å²) in [5.41, 5.74) is 6.47. The Morgan fingerprint density at radius 1 is 1.25 bits per heavy atom. The standard InChI is InChI=1S/C13H15N3O3S/c1-19-12-7-3-2-5-10(12)9-16-20(17,18)13-11(14)6-4-8-15-13/h2-8,16H,9,14H2,1H3. The van der Waals surface area contributed by atoms with Crippen molar-refractivity contribution in [2.24, 2.45) is 0 Å². The summed E-state index contributed by atoms with van der Waals surface area (Å²) in [7, 11) is -2.22. The highest BCUT2D eigenvalue weighted by Gasteiger charge is 2.18. The number of para-hydroxylation sites is 1. The molecule has 0 fully saturated rings. The van der Waals surface area contributed by atoms with E-state index in [1.807, 2.05) is 6.07 Å². The molecule has 0 bridgehead atoms. The van der Waals surface area contributed by atoms with Gasteiger partial charge in [0.25, 0.3) is 10.0 Å². The molecule has 0 amide bonds. The van der Waals surface area contributed by atoms with Crippen LogP contribution in [-0.2, 0) is 16.6 Å². The number of benzene rings is 1. The predicted molar refractivity (Wildman–Crippen MR) is 75.7 cm³/mol. The van der Waals surface area contributed by atoms with Crippen molar-refractivity contribution in [1.29, 1.82) is 0 Å². The van der Waals surface area contributed by atoms with E-state index in [1.54, 1.807) is 24.3 Å². The van der Waals surface area contributed by atoms with Gasteiger partial charge in [0.05, 0.1) is 12.8 Å². The van der Waals surface area contributed by atoms with E-state index in [0.29, 0.717) is 5.75 Å². The van der Waals surface area contributed by atoms with E-state index in [0.717, 1.165) is 5.56 Å². The Kier molecular flexibility index (Phi) is 4.21. The zero-order valence-corrected chi connectivity index (χ0v) is 11.7. The Bertz CT molecular complexity index is 702. The summed E-state index contributed by atoms with van der Waals surface area (Å²) in [4.78, 5) is 3.80. The van der Waals surface area contributed by atoms with Gasteiger partial charge in [0.2, 0.25) is 0 Å². The number of rotatable bonds is 5. The number of hydrogen-bond acceptors (Lipinski definition) is 5. The van der Waals surface area contributed by atoms with Crippen LogP contribution in [0.3, 0.4) is 0 Å². The second-order valence-electron chi connectivity index (χ2n) is 4.03. The molecule has 3 N–H and O–H groups in total. The number of aromatic nitrogens is 1. The van der Waals surface area contributed by atoms with Crippen molar-refractivity contribution in [2.75, 3.05) is 12.8 Å². The fourth-order valence-electron chi connectivity index (χ4n) is 1.72. The third-order valence-electron chi connectivity index (χ3n) is 2.70. The molecule has 0 radical (unpaired) electrons. The molecular formula is C13H15N3O3S. The van der Waals surface area contributed by atoms with Crippen LogP contribution in [-0.4, -0.2) is 20.5 Å². The third kappa shape index (κ3) is 3.06. The van der Waals surface area contributed by atoms with E-state index in [9.17, 15) is 8.42 Å². The first-order valence-corrected chi connectivity index (χ1v) is 7.35. The van der Waals surface area contributed by atoms with Crippen LogP contribution in [0, 0.1) is 0 Å². The van der Waals surface area contributed by atoms with E-state index in [1.165, 1.54) is 19.4 Å². The molecule has 6 nitrogen and oxygen atoms in total. The fraction of sp³-hybridized carbons (Fsp3) is 0.154. The molecule has 0 aliphatic carbocycles. The van der Waals surface area contributed by atoms with Gasteiger partial charge in [0.1, 0.15) is 5.75 Å². The van der Waals surface area contributed by atoms with Crippen LogP contribution in [0.5, 0.6) is 5.75 Å². The van der Waals surface area contributed by atoms with Crippen molar-refractivity contribution in [3.05, 3.63) is 48.2 Å². The number of hydrogen-bond donors (Lipinski definition) is 2. The van der Waals surface area contributed by atoms with E-state index in [2.05, 4.69) is 9.71 Å². The average Bonchev–Trinajstić information content (AvgIpc) is 2.46. The van der Waals surface area contributed by atoms with Crippen molar-refractivity contribution < 1.29 is 13.2 Å². The molecule has 0 spiro atoms. The Morgan fingerprint density at radius 2 is 2.00 bits per heavy atom. The van der Waals surface area contributed by atoms with Gasteiger partial charge >= 0.3 is 0 Å². The lowest BCUT2D eigenvalue weighted by atomic mass is 10.2. The van der Waals surface area contributed by atoms with Crippen LogP contribution in [0.4, 0.5) is 5.69 Å². The van der Waals surface area contributed by atoms with Crippen LogP contribution in [0.1, 0.15) is 5.56 Å². The van der Waals surface area contributed by atoms with Gasteiger partial charge in [-0.3, -0.25) is 0 Å². The highest BCUT2D eigenvalue weighted by molar-refractivity contribution is 7.89. The van der Waals surface area contributed by atoms with Gasteiger partial charge in [-0.25, -0.2) is 18.1 Å².